The third kappa shape index (κ3) is 6.66. The molecule has 6 N–H and O–H groups in total. The van der Waals surface area contributed by atoms with Gasteiger partial charge in [-0.1, -0.05) is 58.8 Å². The van der Waals surface area contributed by atoms with Crippen LogP contribution in [0.1, 0.15) is 110 Å². The van der Waals surface area contributed by atoms with Crippen LogP contribution in [0, 0.1) is 0 Å². The van der Waals surface area contributed by atoms with E-state index in [0.717, 1.165) is 37.1 Å². The number of carbonyl (C=O) groups is 4. The molecule has 0 unspecified atom stereocenters. The van der Waals surface area contributed by atoms with Crippen molar-refractivity contribution in [3.8, 4) is 0 Å². The van der Waals surface area contributed by atoms with Crippen LogP contribution in [0.5, 0.6) is 0 Å². The van der Waals surface area contributed by atoms with Crippen LogP contribution in [0.25, 0.3) is 0 Å². The molecule has 10 heteroatoms. The second-order valence-corrected chi connectivity index (χ2v) is 9.09. The van der Waals surface area contributed by atoms with Crippen molar-refractivity contribution in [3.63, 3.8) is 0 Å². The van der Waals surface area contributed by atoms with Crippen LogP contribution in [-0.2, 0) is 19.2 Å². The lowest BCUT2D eigenvalue weighted by Crippen LogP contribution is -2.79. The Kier molecular flexibility index (Phi) is 11.8. The van der Waals surface area contributed by atoms with E-state index in [1.54, 1.807) is 0 Å². The molecule has 1 atom stereocenters. The second kappa shape index (κ2) is 13.5. The predicted molar refractivity (Wildman–Crippen MR) is 123 cm³/mol. The fraction of sp³-hybridized carbons (Fsp3) is 0.826. The third-order valence-corrected chi connectivity index (χ3v) is 6.90. The molecule has 0 heterocycles. The summed E-state index contributed by atoms with van der Waals surface area (Å²) >= 11 is 0. The van der Waals surface area contributed by atoms with Gasteiger partial charge in [-0.25, -0.2) is 16.5 Å². The molecule has 0 spiro atoms. The molecule has 1 rings (SSSR count). The number of aliphatic carboxylic acids is 2. The van der Waals surface area contributed by atoms with Gasteiger partial charge < -0.3 is 10.2 Å². The molecule has 1 fully saturated rings. The van der Waals surface area contributed by atoms with Crippen molar-refractivity contribution in [2.24, 2.45) is 11.7 Å². The number of carboxylic acids is 2. The topological polar surface area (TPSA) is 167 Å². The number of hydrogen-bond acceptors (Lipinski definition) is 6. The molecule has 0 aromatic rings. The summed E-state index contributed by atoms with van der Waals surface area (Å²) in [4.78, 5) is 50.6. The zero-order valence-corrected chi connectivity index (χ0v) is 20.2. The van der Waals surface area contributed by atoms with Gasteiger partial charge in [-0.2, -0.15) is 0 Å². The van der Waals surface area contributed by atoms with Gasteiger partial charge in [0.05, 0.1) is 5.54 Å². The van der Waals surface area contributed by atoms with Crippen molar-refractivity contribution in [2.75, 3.05) is 0 Å². The molecule has 0 aromatic carbocycles. The minimum Gasteiger partial charge on any atom is -0.481 e. The van der Waals surface area contributed by atoms with Crippen molar-refractivity contribution in [2.45, 2.75) is 121 Å². The number of nitrogens with two attached hydrogens (primary N) is 2. The molecule has 33 heavy (non-hydrogen) atoms. The highest BCUT2D eigenvalue weighted by Crippen LogP contribution is 2.46. The Hall–Kier alpha value is -2.20. The fourth-order valence-electron chi connectivity index (χ4n) is 5.01. The van der Waals surface area contributed by atoms with Crippen LogP contribution in [0.2, 0.25) is 0 Å². The van der Waals surface area contributed by atoms with E-state index in [-0.39, 0.29) is 25.7 Å². The van der Waals surface area contributed by atoms with E-state index in [9.17, 15) is 29.4 Å². The lowest BCUT2D eigenvalue weighted by molar-refractivity contribution is -0.184. The van der Waals surface area contributed by atoms with Crippen molar-refractivity contribution < 1.29 is 29.4 Å². The van der Waals surface area contributed by atoms with Crippen molar-refractivity contribution >= 4 is 23.8 Å². The number of nitrogens with zero attached hydrogens (tertiary/aromatic N) is 2. The number of carbonyl (C=O) groups excluding carboxylic acids is 2. The SMILES string of the molecule is CCCCCC(=O)N(N)C1([C@](CCC(=O)O)(C(=O)O)N(N)C(=O)CCCCC)CCCCC1. The van der Waals surface area contributed by atoms with Crippen LogP contribution in [0.15, 0.2) is 0 Å². The van der Waals surface area contributed by atoms with Gasteiger partial charge in [-0.3, -0.25) is 24.4 Å². The highest BCUT2D eigenvalue weighted by atomic mass is 16.4. The summed E-state index contributed by atoms with van der Waals surface area (Å²) in [7, 11) is 0. The predicted octanol–water partition coefficient (Wildman–Crippen LogP) is 2.94. The highest BCUT2D eigenvalue weighted by molar-refractivity contribution is 5.90. The summed E-state index contributed by atoms with van der Waals surface area (Å²) in [6, 6.07) is 0. The van der Waals surface area contributed by atoms with E-state index >= 15 is 0 Å². The molecule has 0 radical (unpaired) electrons. The minimum atomic E-state index is -2.15. The summed E-state index contributed by atoms with van der Waals surface area (Å²) < 4.78 is 0. The van der Waals surface area contributed by atoms with Crippen molar-refractivity contribution in [1.82, 2.24) is 10.0 Å². The fourth-order valence-corrected chi connectivity index (χ4v) is 5.01. The van der Waals surface area contributed by atoms with E-state index in [2.05, 4.69) is 0 Å². The van der Waals surface area contributed by atoms with Crippen LogP contribution in [-0.4, -0.2) is 55.1 Å². The first-order valence-corrected chi connectivity index (χ1v) is 12.2. The standard InChI is InChI=1S/C23H42N4O6/c1-3-5-8-12-18(28)26(24)22(15-10-7-11-16-22)23(21(32)33,17-14-20(30)31)27(25)19(29)13-9-6-4-2/h3-17,24-25H2,1-2H3,(H,30,31)(H,32,33)/t23-/m0/s1. The summed E-state index contributed by atoms with van der Waals surface area (Å²) in [5, 5.41) is 21.6. The minimum absolute atomic E-state index is 0.0392. The van der Waals surface area contributed by atoms with E-state index in [0.29, 0.717) is 30.7 Å². The lowest BCUT2D eigenvalue weighted by Gasteiger charge is -2.56. The molecule has 10 nitrogen and oxygen atoms in total. The molecule has 0 bridgehead atoms. The van der Waals surface area contributed by atoms with Gasteiger partial charge in [0.1, 0.15) is 0 Å². The Labute approximate surface area is 196 Å². The molecule has 1 aliphatic carbocycles. The molecule has 2 amide bonds. The van der Waals surface area contributed by atoms with E-state index in [4.69, 9.17) is 11.7 Å². The Morgan fingerprint density at radius 3 is 1.79 bits per heavy atom. The highest BCUT2D eigenvalue weighted by Gasteiger charge is 2.64. The van der Waals surface area contributed by atoms with Gasteiger partial charge in [0, 0.05) is 19.3 Å². The molecular weight excluding hydrogens is 428 g/mol. The van der Waals surface area contributed by atoms with Crippen molar-refractivity contribution in [3.05, 3.63) is 0 Å². The summed E-state index contributed by atoms with van der Waals surface area (Å²) in [6.45, 7) is 3.98. The quantitative estimate of drug-likeness (QED) is 0.123. The Balaban J connectivity index is 3.54. The zero-order valence-electron chi connectivity index (χ0n) is 20.2. The van der Waals surface area contributed by atoms with E-state index in [1.807, 2.05) is 13.8 Å². The molecule has 0 aliphatic heterocycles. The molecule has 190 valence electrons. The van der Waals surface area contributed by atoms with E-state index < -0.39 is 47.7 Å². The zero-order chi connectivity index (χ0) is 25.1. The van der Waals surface area contributed by atoms with Gasteiger partial charge >= 0.3 is 11.9 Å². The normalized spacial score (nSPS) is 17.1. The van der Waals surface area contributed by atoms with Crippen LogP contribution >= 0.6 is 0 Å². The molecule has 1 aliphatic rings. The van der Waals surface area contributed by atoms with Gasteiger partial charge in [0.2, 0.25) is 11.8 Å². The third-order valence-electron chi connectivity index (χ3n) is 6.90. The first kappa shape index (κ1) is 28.8. The molecular formula is C23H42N4O6. The molecule has 1 saturated carbocycles. The smallest absolute Gasteiger partial charge is 0.333 e. The van der Waals surface area contributed by atoms with Crippen molar-refractivity contribution in [1.29, 1.82) is 0 Å². The van der Waals surface area contributed by atoms with Crippen LogP contribution < -0.4 is 11.7 Å². The van der Waals surface area contributed by atoms with E-state index in [1.165, 1.54) is 0 Å². The van der Waals surface area contributed by atoms with Crippen LogP contribution in [0.4, 0.5) is 0 Å². The summed E-state index contributed by atoms with van der Waals surface area (Å²) in [5.74, 6) is 8.98. The number of carboxylic acid groups (broad SMARTS) is 2. The van der Waals surface area contributed by atoms with Crippen LogP contribution in [0.3, 0.4) is 0 Å². The van der Waals surface area contributed by atoms with Gasteiger partial charge in [0.15, 0.2) is 5.54 Å². The maximum atomic E-state index is 13.1. The number of hydrogen-bond donors (Lipinski definition) is 4. The Bertz CT molecular complexity index is 680. The summed E-state index contributed by atoms with van der Waals surface area (Å²) in [6.07, 6.45) is 6.21. The van der Waals surface area contributed by atoms with Gasteiger partial charge in [0.25, 0.3) is 0 Å². The number of unbranched alkanes of at least 4 members (excludes halogenated alkanes) is 4. The average Bonchev–Trinajstić information content (AvgIpc) is 2.79. The molecule has 0 aromatic heterocycles. The lowest BCUT2D eigenvalue weighted by atomic mass is 9.64. The van der Waals surface area contributed by atoms with Gasteiger partial charge in [-0.05, 0) is 32.1 Å². The Morgan fingerprint density at radius 2 is 1.33 bits per heavy atom. The molecule has 0 saturated heterocycles. The average molecular weight is 471 g/mol. The van der Waals surface area contributed by atoms with Gasteiger partial charge in [-0.15, -0.1) is 0 Å². The largest absolute Gasteiger partial charge is 0.481 e. The Morgan fingerprint density at radius 1 is 0.818 bits per heavy atom. The number of rotatable bonds is 15. The second-order valence-electron chi connectivity index (χ2n) is 9.09. The number of hydrazine groups is 2. The first-order valence-electron chi connectivity index (χ1n) is 12.2. The monoisotopic (exact) mass is 470 g/mol. The first-order chi connectivity index (χ1) is 15.6. The summed E-state index contributed by atoms with van der Waals surface area (Å²) in [5.41, 5.74) is -3.64. The maximum Gasteiger partial charge on any atom is 0.333 e. The maximum absolute atomic E-state index is 13.1. The number of amides is 2.